The number of nitrogens with zero attached hydrogens (tertiary/aromatic N) is 2. The second kappa shape index (κ2) is 6.56. The van der Waals surface area contributed by atoms with E-state index in [2.05, 4.69) is 0 Å². The number of allylic oxidation sites excluding steroid dienone is 1. The van der Waals surface area contributed by atoms with Crippen molar-refractivity contribution in [2.75, 3.05) is 0 Å². The molecule has 0 fully saturated rings. The van der Waals surface area contributed by atoms with Crippen LogP contribution in [0.4, 0.5) is 0 Å². The maximum Gasteiger partial charge on any atom is 0.308 e. The van der Waals surface area contributed by atoms with Crippen molar-refractivity contribution in [3.05, 3.63) is 21.9 Å². The molecule has 0 N–H and O–H groups in total. The van der Waals surface area contributed by atoms with E-state index in [-0.39, 0.29) is 5.57 Å². The van der Waals surface area contributed by atoms with Gasteiger partial charge in [0.05, 0.1) is 14.0 Å². The third-order valence-corrected chi connectivity index (χ3v) is 4.99. The summed E-state index contributed by atoms with van der Waals surface area (Å²) in [4.78, 5) is 23.4. The van der Waals surface area contributed by atoms with E-state index in [9.17, 15) is 9.59 Å². The number of esters is 2. The summed E-state index contributed by atoms with van der Waals surface area (Å²) in [7, 11) is 0. The van der Waals surface area contributed by atoms with E-state index >= 15 is 0 Å². The van der Waals surface area contributed by atoms with E-state index < -0.39 is 11.9 Å². The minimum absolute atomic E-state index is 0.0475. The zero-order valence-corrected chi connectivity index (χ0v) is 13.1. The molecule has 1 aliphatic heterocycles. The molecular formula is C14H8N2O4S2. The van der Waals surface area contributed by atoms with Crippen LogP contribution in [-0.2, 0) is 9.59 Å². The molecule has 0 aromatic heterocycles. The average molecular weight is 332 g/mol. The molecule has 0 bridgehead atoms. The standard InChI is InChI=1S/C14H8N2O4S2/c1-7(17)19-10-3-4-11(20-8(2)18)13-12(10)21-14(22-13)9(5-15)6-16/h3-4H,1-2H3. The lowest BCUT2D eigenvalue weighted by atomic mass is 10.3. The molecule has 110 valence electrons. The van der Waals surface area contributed by atoms with Gasteiger partial charge in [-0.05, 0) is 12.1 Å². The third kappa shape index (κ3) is 3.25. The van der Waals surface area contributed by atoms with Gasteiger partial charge in [-0.2, -0.15) is 10.5 Å². The molecule has 0 amide bonds. The van der Waals surface area contributed by atoms with E-state index in [0.29, 0.717) is 25.5 Å². The van der Waals surface area contributed by atoms with Crippen LogP contribution in [0.15, 0.2) is 31.7 Å². The fraction of sp³-hybridized carbons (Fsp3) is 0.143. The Morgan fingerprint density at radius 1 is 0.955 bits per heavy atom. The summed E-state index contributed by atoms with van der Waals surface area (Å²) >= 11 is 2.26. The summed E-state index contributed by atoms with van der Waals surface area (Å²) in [6, 6.07) is 6.64. The number of hydrogen-bond donors (Lipinski definition) is 0. The zero-order chi connectivity index (χ0) is 16.3. The molecule has 1 heterocycles. The number of hydrogen-bond acceptors (Lipinski definition) is 8. The Morgan fingerprint density at radius 2 is 1.36 bits per heavy atom. The Kier molecular flexibility index (Phi) is 4.76. The van der Waals surface area contributed by atoms with Crippen LogP contribution in [0.25, 0.3) is 0 Å². The summed E-state index contributed by atoms with van der Waals surface area (Å²) in [6.07, 6.45) is 0. The third-order valence-electron chi connectivity index (χ3n) is 2.36. The highest BCUT2D eigenvalue weighted by Crippen LogP contribution is 2.58. The summed E-state index contributed by atoms with van der Waals surface area (Å²) in [6.45, 7) is 2.54. The highest BCUT2D eigenvalue weighted by Gasteiger charge is 2.29. The SMILES string of the molecule is CC(=O)Oc1ccc(OC(C)=O)c2c1SC(=C(C#N)C#N)S2. The average Bonchev–Trinajstić information content (AvgIpc) is 2.87. The molecule has 0 saturated heterocycles. The quantitative estimate of drug-likeness (QED) is 0.463. The molecule has 0 saturated carbocycles. The Morgan fingerprint density at radius 3 is 1.68 bits per heavy atom. The van der Waals surface area contributed by atoms with Crippen LogP contribution in [0.2, 0.25) is 0 Å². The Bertz CT molecular complexity index is 724. The number of rotatable bonds is 2. The van der Waals surface area contributed by atoms with E-state index in [0.717, 1.165) is 23.5 Å². The summed E-state index contributed by atoms with van der Waals surface area (Å²) in [5, 5.41) is 17.9. The lowest BCUT2D eigenvalue weighted by Crippen LogP contribution is -2.05. The lowest BCUT2D eigenvalue weighted by Gasteiger charge is -2.09. The van der Waals surface area contributed by atoms with Crippen molar-refractivity contribution >= 4 is 35.5 Å². The second-order valence-corrected chi connectivity index (χ2v) is 6.30. The monoisotopic (exact) mass is 332 g/mol. The van der Waals surface area contributed by atoms with Gasteiger partial charge in [0.15, 0.2) is 0 Å². The maximum absolute atomic E-state index is 11.2. The van der Waals surface area contributed by atoms with Crippen molar-refractivity contribution in [3.63, 3.8) is 0 Å². The second-order valence-electron chi connectivity index (χ2n) is 4.00. The summed E-state index contributed by atoms with van der Waals surface area (Å²) in [5.41, 5.74) is -0.0475. The van der Waals surface area contributed by atoms with Gasteiger partial charge in [-0.15, -0.1) is 0 Å². The smallest absolute Gasteiger partial charge is 0.308 e. The first-order chi connectivity index (χ1) is 10.5. The molecular weight excluding hydrogens is 324 g/mol. The van der Waals surface area contributed by atoms with Crippen LogP contribution in [0.3, 0.4) is 0 Å². The van der Waals surface area contributed by atoms with Gasteiger partial charge >= 0.3 is 11.9 Å². The molecule has 0 spiro atoms. The number of nitriles is 2. The molecule has 2 rings (SSSR count). The maximum atomic E-state index is 11.2. The van der Waals surface area contributed by atoms with Crippen LogP contribution in [0.5, 0.6) is 11.5 Å². The summed E-state index contributed by atoms with van der Waals surface area (Å²) < 4.78 is 10.7. The molecule has 1 aliphatic rings. The van der Waals surface area contributed by atoms with Crippen LogP contribution in [-0.4, -0.2) is 11.9 Å². The molecule has 8 heteroatoms. The number of benzene rings is 1. The Hall–Kier alpha value is -2.42. The van der Waals surface area contributed by atoms with Gasteiger partial charge in [0.2, 0.25) is 0 Å². The molecule has 6 nitrogen and oxygen atoms in total. The highest BCUT2D eigenvalue weighted by molar-refractivity contribution is 8.24. The highest BCUT2D eigenvalue weighted by atomic mass is 32.2. The first-order valence-electron chi connectivity index (χ1n) is 5.90. The molecule has 22 heavy (non-hydrogen) atoms. The lowest BCUT2D eigenvalue weighted by molar-refractivity contribution is -0.133. The van der Waals surface area contributed by atoms with Crippen molar-refractivity contribution in [2.24, 2.45) is 0 Å². The van der Waals surface area contributed by atoms with Crippen LogP contribution in [0, 0.1) is 22.7 Å². The number of ether oxygens (including phenoxy) is 2. The van der Waals surface area contributed by atoms with Crippen LogP contribution < -0.4 is 9.47 Å². The van der Waals surface area contributed by atoms with E-state index in [4.69, 9.17) is 20.0 Å². The van der Waals surface area contributed by atoms with E-state index in [1.807, 2.05) is 12.1 Å². The Balaban J connectivity index is 2.55. The predicted octanol–water partition coefficient (Wildman–Crippen LogP) is 2.99. The van der Waals surface area contributed by atoms with Crippen molar-refractivity contribution in [1.82, 2.24) is 0 Å². The van der Waals surface area contributed by atoms with Crippen LogP contribution >= 0.6 is 23.5 Å². The molecule has 1 aromatic carbocycles. The van der Waals surface area contributed by atoms with Gasteiger partial charge in [0.1, 0.15) is 29.2 Å². The molecule has 0 radical (unpaired) electrons. The first-order valence-corrected chi connectivity index (χ1v) is 7.53. The van der Waals surface area contributed by atoms with Crippen molar-refractivity contribution < 1.29 is 19.1 Å². The van der Waals surface area contributed by atoms with Crippen molar-refractivity contribution in [2.45, 2.75) is 23.6 Å². The van der Waals surface area contributed by atoms with Crippen molar-refractivity contribution in [1.29, 1.82) is 10.5 Å². The molecule has 0 atom stereocenters. The normalized spacial score (nSPS) is 11.9. The van der Waals surface area contributed by atoms with Crippen LogP contribution in [0.1, 0.15) is 13.8 Å². The van der Waals surface area contributed by atoms with Gasteiger partial charge in [-0.1, -0.05) is 23.5 Å². The number of carbonyl (C=O) groups excluding carboxylic acids is 2. The predicted molar refractivity (Wildman–Crippen MR) is 79.0 cm³/mol. The van der Waals surface area contributed by atoms with Gasteiger partial charge < -0.3 is 9.47 Å². The van der Waals surface area contributed by atoms with E-state index in [1.54, 1.807) is 0 Å². The number of fused-ring (bicyclic) bond motifs is 1. The fourth-order valence-electron chi connectivity index (χ4n) is 1.61. The topological polar surface area (TPSA) is 100 Å². The minimum atomic E-state index is -0.494. The van der Waals surface area contributed by atoms with Gasteiger partial charge in [-0.25, -0.2) is 0 Å². The molecule has 0 aliphatic carbocycles. The van der Waals surface area contributed by atoms with Gasteiger partial charge in [-0.3, -0.25) is 9.59 Å². The largest absolute Gasteiger partial charge is 0.425 e. The number of carbonyl (C=O) groups is 2. The van der Waals surface area contributed by atoms with Gasteiger partial charge in [0, 0.05) is 13.8 Å². The summed E-state index contributed by atoms with van der Waals surface area (Å²) in [5.74, 6) is -0.403. The molecule has 1 aromatic rings. The van der Waals surface area contributed by atoms with Gasteiger partial charge in [0.25, 0.3) is 0 Å². The molecule has 0 unspecified atom stereocenters. The minimum Gasteiger partial charge on any atom is -0.425 e. The van der Waals surface area contributed by atoms with Crippen molar-refractivity contribution in [3.8, 4) is 23.6 Å². The number of thioether (sulfide) groups is 2. The first kappa shape index (κ1) is 16.0. The zero-order valence-electron chi connectivity index (χ0n) is 11.5. The van der Waals surface area contributed by atoms with E-state index in [1.165, 1.54) is 26.0 Å². The Labute approximate surface area is 134 Å². The fourth-order valence-corrected chi connectivity index (χ4v) is 4.10.